The number of amides is 4. The Labute approximate surface area is 768 Å². The van der Waals surface area contributed by atoms with Crippen LogP contribution in [-0.4, -0.2) is 154 Å². The summed E-state index contributed by atoms with van der Waals surface area (Å²) in [6.45, 7) is 9.07. The maximum absolute atomic E-state index is 15.0. The van der Waals surface area contributed by atoms with E-state index in [0.717, 1.165) is 0 Å². The van der Waals surface area contributed by atoms with Crippen molar-refractivity contribution in [1.82, 2.24) is 63.7 Å². The summed E-state index contributed by atoms with van der Waals surface area (Å²) >= 11 is 0. The molecule has 16 aromatic rings. The number of aromatic carboxylic acids is 1. The number of ether oxygens (including phenoxy) is 4. The molecule has 12 heterocycles. The SMILES string of the molecule is CC(C)(C)OC(=O)NCc1cccc(-c2nc(C(=O)O)c3cccn3n2)c1F.CCOC(=O)Cc1occc1N.CCc1cccc(-c2nc(C(=O)Nc3ccoc3CC(=O)OC)c3cccn3n2)c1F.COC(=O)Cc1occc1NC(=O)c1nc(-c2cccc(CN)c2F)nn2cccc12.NCc1cccc(-c2nc(C(=O)Nc3ccoc3CC(=O)O)c3cccn3n2)c1F.[Li+].[OH-]. The molecule has 39 nitrogen and oxygen atoms in total. The first-order chi connectivity index (χ1) is 63.4. The van der Waals surface area contributed by atoms with Gasteiger partial charge in [-0.25, -0.2) is 65.1 Å². The number of halogens is 4. The normalized spacial score (nSPS) is 10.8. The van der Waals surface area contributed by atoms with E-state index in [9.17, 15) is 65.8 Å². The van der Waals surface area contributed by atoms with Gasteiger partial charge in [-0.15, -0.1) is 20.4 Å². The summed E-state index contributed by atoms with van der Waals surface area (Å²) in [5.74, 6) is -6.49. The van der Waals surface area contributed by atoms with E-state index in [1.807, 2.05) is 6.92 Å². The Morgan fingerprint density at radius 2 is 0.761 bits per heavy atom. The fraction of sp³-hybridized carbons (Fsp3) is 0.189. The Morgan fingerprint density at radius 1 is 0.433 bits per heavy atom. The Hall–Kier alpha value is -16.5. The largest absolute Gasteiger partial charge is 1.00 e. The first-order valence-electron chi connectivity index (χ1n) is 40.0. The molecule has 4 aromatic carbocycles. The zero-order chi connectivity index (χ0) is 94.6. The van der Waals surface area contributed by atoms with Gasteiger partial charge in [-0.3, -0.25) is 33.6 Å². The van der Waals surface area contributed by atoms with E-state index in [4.69, 9.17) is 49.4 Å². The van der Waals surface area contributed by atoms with Crippen molar-refractivity contribution in [3.05, 3.63) is 287 Å². The molecule has 0 aliphatic carbocycles. The number of rotatable bonds is 25. The summed E-state index contributed by atoms with van der Waals surface area (Å²) in [6, 6.07) is 38.3. The third-order valence-corrected chi connectivity index (χ3v) is 19.1. The molecule has 4 amide bonds. The minimum atomic E-state index is -1.24. The van der Waals surface area contributed by atoms with Crippen LogP contribution in [0.2, 0.25) is 0 Å². The van der Waals surface area contributed by atoms with Crippen molar-refractivity contribution in [3.63, 3.8) is 0 Å². The topological polar surface area (TPSA) is 561 Å². The Kier molecular flexibility index (Phi) is 33.6. The van der Waals surface area contributed by atoms with Crippen molar-refractivity contribution in [3.8, 4) is 45.6 Å². The van der Waals surface area contributed by atoms with E-state index < -0.39 is 83.0 Å². The molecule has 16 rings (SSSR count). The fourth-order valence-electron chi connectivity index (χ4n) is 12.8. The Morgan fingerprint density at radius 3 is 1.10 bits per heavy atom. The number of carboxylic acids is 2. The van der Waals surface area contributed by atoms with E-state index in [0.29, 0.717) is 74.6 Å². The third-order valence-electron chi connectivity index (χ3n) is 19.1. The van der Waals surface area contributed by atoms with Crippen molar-refractivity contribution in [2.24, 2.45) is 11.5 Å². The molecular formula is C90H84F4LiN19O20. The van der Waals surface area contributed by atoms with Crippen LogP contribution in [0.5, 0.6) is 0 Å². The number of furan rings is 4. The number of carbonyl (C=O) groups is 9. The number of methoxy groups -OCH3 is 2. The van der Waals surface area contributed by atoms with Crippen LogP contribution >= 0.6 is 0 Å². The molecule has 134 heavy (non-hydrogen) atoms. The number of nitrogen functional groups attached to an aromatic ring is 1. The number of aryl methyl sites for hydroxylation is 1. The number of hydrogen-bond acceptors (Lipinski definition) is 29. The molecule has 0 atom stereocenters. The summed E-state index contributed by atoms with van der Waals surface area (Å²) in [4.78, 5) is 124. The number of alkyl carbamates (subject to hydrolysis) is 1. The molecule has 0 radical (unpaired) electrons. The van der Waals surface area contributed by atoms with Crippen LogP contribution in [0.15, 0.2) is 213 Å². The first-order valence-corrected chi connectivity index (χ1v) is 40.0. The van der Waals surface area contributed by atoms with E-state index >= 15 is 0 Å². The van der Waals surface area contributed by atoms with Crippen molar-refractivity contribution >= 4 is 98.5 Å². The van der Waals surface area contributed by atoms with Gasteiger partial charge in [0, 0.05) is 79.3 Å². The summed E-state index contributed by atoms with van der Waals surface area (Å²) in [5.41, 5.74) is 20.5. The van der Waals surface area contributed by atoms with Crippen LogP contribution in [0.1, 0.15) is 122 Å². The maximum atomic E-state index is 15.0. The number of aromatic nitrogens is 12. The number of benzene rings is 4. The van der Waals surface area contributed by atoms with Gasteiger partial charge in [-0.2, -0.15) is 0 Å². The monoisotopic (exact) mass is 1830 g/mol. The molecule has 12 aromatic heterocycles. The molecular weight excluding hydrogens is 1750 g/mol. The Bertz CT molecular complexity index is 6770. The van der Waals surface area contributed by atoms with Crippen LogP contribution in [0.3, 0.4) is 0 Å². The number of anilines is 4. The molecule has 0 bridgehead atoms. The summed E-state index contributed by atoms with van der Waals surface area (Å²) < 4.78 is 105. The van der Waals surface area contributed by atoms with Gasteiger partial charge < -0.3 is 90.8 Å². The average Bonchev–Trinajstić information content (AvgIpc) is 1.46. The zero-order valence-corrected chi connectivity index (χ0v) is 72.7. The van der Waals surface area contributed by atoms with Gasteiger partial charge in [0.15, 0.2) is 46.1 Å². The predicted octanol–water partition coefficient (Wildman–Crippen LogP) is 9.73. The number of carboxylic acid groups (broad SMARTS) is 2. The van der Waals surface area contributed by atoms with E-state index in [-0.39, 0.29) is 166 Å². The van der Waals surface area contributed by atoms with Gasteiger partial charge in [-0.1, -0.05) is 55.5 Å². The molecule has 0 unspecified atom stereocenters. The number of nitrogens with two attached hydrogens (primary N) is 3. The molecule has 44 heteroatoms. The summed E-state index contributed by atoms with van der Waals surface area (Å²) in [6.07, 6.45) is 11.1. The van der Waals surface area contributed by atoms with Gasteiger partial charge in [0.05, 0.1) is 113 Å². The molecule has 0 spiro atoms. The second-order valence-corrected chi connectivity index (χ2v) is 29.0. The zero-order valence-electron chi connectivity index (χ0n) is 72.7. The standard InChI is InChI=1S/C22H19FN4O4.C21H18FN5O4.C20H16FN5O4.C19H19FN4O4.C8H11NO3.Li.H2O/c1-3-13-6-4-7-14(19(13)23)21-25-20(16-8-5-10-27(16)26-21)22(29)24-15-9-11-31-17(15)12-18(28)30-2;1-30-17(28)10-16-14(7-9-31-16)24-21(29)19-15-6-3-8-27(15)26-20(25-19)13-5-2-4-12(11-23)18(13)22;21-17-11(10-22)3-1-4-12(17)19-24-18(14-5-2-7-26(14)25-19)20(29)23-13-6-8-30-15(13)9-16(27)28;1-19(2,3)28-18(27)21-10-11-6-4-7-12(14(11)20)16-22-15(17(25)26)13-8-5-9-24(13)23-16;1-2-11-8(10)5-7-6(9)3-4-12-7;;/h4-11H,3,12H2,1-2H3,(H,24,29);2-9H,10-11,23H2,1H3,(H,24,29);1-8H,9-10,22H2,(H,23,29)(H,27,28);4-9H,10H2,1-3H3,(H,21,27)(H,25,26);3-4H,2,5,9H2,1H3;;1H2/q;;;;;+1;/p-1. The fourth-order valence-corrected chi connectivity index (χ4v) is 12.8. The molecule has 0 saturated heterocycles. The smallest absolute Gasteiger partial charge is 0.870 e. The van der Waals surface area contributed by atoms with E-state index in [1.165, 1.54) is 99.8 Å². The third kappa shape index (κ3) is 24.1. The van der Waals surface area contributed by atoms with E-state index in [2.05, 4.69) is 71.1 Å². The van der Waals surface area contributed by atoms with Gasteiger partial charge >= 0.3 is 54.8 Å². The van der Waals surface area contributed by atoms with Crippen molar-refractivity contribution in [2.45, 2.75) is 92.0 Å². The van der Waals surface area contributed by atoms with Crippen LogP contribution < -0.4 is 57.3 Å². The predicted molar refractivity (Wildman–Crippen MR) is 467 cm³/mol. The van der Waals surface area contributed by atoms with Crippen LogP contribution in [0, 0.1) is 23.3 Å². The van der Waals surface area contributed by atoms with Gasteiger partial charge in [-0.05, 0) is 119 Å². The van der Waals surface area contributed by atoms with Crippen LogP contribution in [0.4, 0.5) is 45.1 Å². The number of aliphatic carboxylic acids is 1. The molecule has 0 saturated carbocycles. The number of hydrogen-bond donors (Lipinski definition) is 9. The summed E-state index contributed by atoms with van der Waals surface area (Å²) in [5, 5.41) is 45.9. The number of nitrogens with zero attached hydrogens (tertiary/aromatic N) is 12. The minimum Gasteiger partial charge on any atom is -0.870 e. The van der Waals surface area contributed by atoms with Crippen molar-refractivity contribution in [2.75, 3.05) is 42.5 Å². The molecule has 0 fully saturated rings. The second kappa shape index (κ2) is 45.2. The van der Waals surface area contributed by atoms with Crippen molar-refractivity contribution in [1.29, 1.82) is 0 Å². The van der Waals surface area contributed by atoms with Crippen LogP contribution in [0.25, 0.3) is 67.6 Å². The molecule has 0 aliphatic heterocycles. The van der Waals surface area contributed by atoms with Gasteiger partial charge in [0.1, 0.15) is 77.6 Å². The van der Waals surface area contributed by atoms with Crippen LogP contribution in [-0.2, 0) is 89.9 Å². The second-order valence-electron chi connectivity index (χ2n) is 29.0. The molecule has 0 aliphatic rings. The maximum Gasteiger partial charge on any atom is 1.00 e. The number of fused-ring (bicyclic) bond motifs is 4. The minimum absolute atomic E-state index is 0. The average molecular weight is 1830 g/mol. The van der Waals surface area contributed by atoms with E-state index in [1.54, 1.807) is 156 Å². The van der Waals surface area contributed by atoms with Gasteiger partial charge in [0.25, 0.3) is 17.7 Å². The molecule has 13 N–H and O–H groups in total. The molecule has 688 valence electrons. The van der Waals surface area contributed by atoms with Crippen molar-refractivity contribution < 1.29 is 132 Å². The Balaban J connectivity index is 0.000000177. The number of nitrogens with one attached hydrogen (secondary N) is 4. The summed E-state index contributed by atoms with van der Waals surface area (Å²) in [7, 11) is 2.52. The number of esters is 3. The quantitative estimate of drug-likeness (QED) is 0.0111. The first kappa shape index (κ1) is 99.7. The number of carbonyl (C=O) groups excluding carboxylic acids is 7. The van der Waals surface area contributed by atoms with Gasteiger partial charge in [0.2, 0.25) is 0 Å².